The molecule has 1 aromatic heterocycles. The first kappa shape index (κ1) is 13.8. The molecule has 1 saturated heterocycles. The van der Waals surface area contributed by atoms with Gasteiger partial charge in [0.15, 0.2) is 5.13 Å². The number of aliphatic carboxylic acids is 1. The van der Waals surface area contributed by atoms with Crippen molar-refractivity contribution in [1.82, 2.24) is 9.88 Å². The minimum atomic E-state index is -0.735. The third-order valence-corrected chi connectivity index (χ3v) is 5.83. The number of rotatable bonds is 2. The van der Waals surface area contributed by atoms with Crippen LogP contribution >= 0.6 is 11.3 Å². The fourth-order valence-electron chi connectivity index (χ4n) is 3.15. The highest BCUT2D eigenvalue weighted by molar-refractivity contribution is 7.15. The zero-order valence-electron chi connectivity index (χ0n) is 12.2. The minimum absolute atomic E-state index is 0.391. The number of anilines is 1. The third-order valence-electron chi connectivity index (χ3n) is 4.63. The van der Waals surface area contributed by atoms with Gasteiger partial charge in [-0.05, 0) is 33.7 Å². The largest absolute Gasteiger partial charge is 0.481 e. The van der Waals surface area contributed by atoms with Crippen molar-refractivity contribution in [1.29, 1.82) is 0 Å². The van der Waals surface area contributed by atoms with Crippen LogP contribution in [0, 0.1) is 0 Å². The summed E-state index contributed by atoms with van der Waals surface area (Å²) in [7, 11) is 2.16. The van der Waals surface area contributed by atoms with Crippen molar-refractivity contribution in [3.63, 3.8) is 0 Å². The molecule has 2 heterocycles. The maximum atomic E-state index is 11.2. The number of carbonyl (C=O) groups is 1. The predicted octanol–water partition coefficient (Wildman–Crippen LogP) is 1.79. The molecular weight excluding hydrogens is 274 g/mol. The van der Waals surface area contributed by atoms with E-state index >= 15 is 0 Å². The molecule has 0 aromatic carbocycles. The number of likely N-dealkylation sites (N-methyl/N-ethyl adjacent to an activating group) is 1. The van der Waals surface area contributed by atoms with Gasteiger partial charge in [-0.15, -0.1) is 11.3 Å². The second kappa shape index (κ2) is 5.00. The summed E-state index contributed by atoms with van der Waals surface area (Å²) in [5, 5.41) is 10.2. The first-order valence-corrected chi connectivity index (χ1v) is 7.98. The lowest BCUT2D eigenvalue weighted by molar-refractivity contribution is -0.138. The Kier molecular flexibility index (Phi) is 3.46. The van der Waals surface area contributed by atoms with Gasteiger partial charge in [0.2, 0.25) is 0 Å². The van der Waals surface area contributed by atoms with Crippen LogP contribution in [0.4, 0.5) is 5.13 Å². The van der Waals surface area contributed by atoms with Crippen molar-refractivity contribution < 1.29 is 9.90 Å². The number of piperazine rings is 1. The van der Waals surface area contributed by atoms with E-state index in [0.29, 0.717) is 18.5 Å². The normalized spacial score (nSPS) is 30.6. The molecule has 0 radical (unpaired) electrons. The van der Waals surface area contributed by atoms with E-state index in [1.165, 1.54) is 4.88 Å². The molecule has 2 aliphatic rings. The Labute approximate surface area is 123 Å². The smallest absolute Gasteiger partial charge is 0.312 e. The summed E-state index contributed by atoms with van der Waals surface area (Å²) < 4.78 is 0. The molecule has 3 rings (SSSR count). The van der Waals surface area contributed by atoms with Crippen LogP contribution in [0.2, 0.25) is 0 Å². The summed E-state index contributed by atoms with van der Waals surface area (Å²) >= 11 is 1.69. The first-order chi connectivity index (χ1) is 9.47. The van der Waals surface area contributed by atoms with Crippen LogP contribution < -0.4 is 4.90 Å². The van der Waals surface area contributed by atoms with Gasteiger partial charge in [-0.1, -0.05) is 0 Å². The molecule has 3 unspecified atom stereocenters. The van der Waals surface area contributed by atoms with Gasteiger partial charge in [0.1, 0.15) is 5.92 Å². The maximum absolute atomic E-state index is 11.2. The highest BCUT2D eigenvalue weighted by Crippen LogP contribution is 2.40. The van der Waals surface area contributed by atoms with Gasteiger partial charge in [-0.2, -0.15) is 0 Å². The van der Waals surface area contributed by atoms with E-state index in [4.69, 9.17) is 0 Å². The van der Waals surface area contributed by atoms with Crippen LogP contribution in [-0.2, 0) is 11.2 Å². The molecule has 20 heavy (non-hydrogen) atoms. The van der Waals surface area contributed by atoms with E-state index in [2.05, 4.69) is 35.7 Å². The van der Waals surface area contributed by atoms with Crippen LogP contribution in [0.25, 0.3) is 0 Å². The van der Waals surface area contributed by atoms with Crippen molar-refractivity contribution in [3.05, 3.63) is 10.6 Å². The summed E-state index contributed by atoms with van der Waals surface area (Å²) in [6.45, 7) is 6.38. The summed E-state index contributed by atoms with van der Waals surface area (Å²) in [6.07, 6.45) is 1.57. The van der Waals surface area contributed by atoms with Crippen LogP contribution in [-0.4, -0.2) is 53.2 Å². The Morgan fingerprint density at radius 3 is 2.60 bits per heavy atom. The van der Waals surface area contributed by atoms with E-state index in [-0.39, 0.29) is 0 Å². The first-order valence-electron chi connectivity index (χ1n) is 7.16. The number of thiazole rings is 1. The molecule has 1 aromatic rings. The summed E-state index contributed by atoms with van der Waals surface area (Å²) in [4.78, 5) is 21.8. The maximum Gasteiger partial charge on any atom is 0.312 e. The van der Waals surface area contributed by atoms with Gasteiger partial charge in [0, 0.05) is 30.1 Å². The van der Waals surface area contributed by atoms with E-state index in [9.17, 15) is 9.90 Å². The Balaban J connectivity index is 1.83. The Morgan fingerprint density at radius 1 is 1.35 bits per heavy atom. The van der Waals surface area contributed by atoms with Crippen molar-refractivity contribution in [2.24, 2.45) is 0 Å². The Bertz CT molecular complexity index is 518. The average Bonchev–Trinajstić information content (AvgIpc) is 2.94. The van der Waals surface area contributed by atoms with Crippen molar-refractivity contribution in [2.45, 2.75) is 44.7 Å². The number of hydrogen-bond donors (Lipinski definition) is 1. The monoisotopic (exact) mass is 295 g/mol. The second-order valence-corrected chi connectivity index (χ2v) is 7.06. The number of carboxylic acids is 1. The lowest BCUT2D eigenvalue weighted by Gasteiger charge is -2.42. The number of carboxylic acid groups (broad SMARTS) is 1. The number of aromatic nitrogens is 1. The molecule has 6 heteroatoms. The predicted molar refractivity (Wildman–Crippen MR) is 79.7 cm³/mol. The minimum Gasteiger partial charge on any atom is -0.481 e. The van der Waals surface area contributed by atoms with E-state index in [1.54, 1.807) is 11.3 Å². The molecule has 0 spiro atoms. The average molecular weight is 295 g/mol. The van der Waals surface area contributed by atoms with Gasteiger partial charge < -0.3 is 10.0 Å². The van der Waals surface area contributed by atoms with Gasteiger partial charge in [-0.3, -0.25) is 9.69 Å². The summed E-state index contributed by atoms with van der Waals surface area (Å²) in [5.74, 6) is -1.13. The lowest BCUT2D eigenvalue weighted by Crippen LogP contribution is -2.55. The van der Waals surface area contributed by atoms with Gasteiger partial charge in [0.25, 0.3) is 0 Å². The molecule has 1 fully saturated rings. The van der Waals surface area contributed by atoms with Crippen LogP contribution in [0.15, 0.2) is 0 Å². The second-order valence-electron chi connectivity index (χ2n) is 6.00. The fourth-order valence-corrected chi connectivity index (χ4v) is 4.31. The molecule has 110 valence electrons. The molecule has 1 aliphatic heterocycles. The van der Waals surface area contributed by atoms with Crippen LogP contribution in [0.5, 0.6) is 0 Å². The molecule has 0 bridgehead atoms. The Hall–Kier alpha value is -1.14. The SMILES string of the molecule is CC1CN(c2nc3c(s2)CCC3C(=O)O)CC(C)N1C. The number of nitrogens with zero attached hydrogens (tertiary/aromatic N) is 3. The highest BCUT2D eigenvalue weighted by atomic mass is 32.1. The number of aryl methyl sites for hydroxylation is 1. The molecule has 0 saturated carbocycles. The Morgan fingerprint density at radius 2 is 2.00 bits per heavy atom. The number of hydrogen-bond acceptors (Lipinski definition) is 5. The molecule has 0 amide bonds. The molecular formula is C14H21N3O2S. The fraction of sp³-hybridized carbons (Fsp3) is 0.714. The van der Waals surface area contributed by atoms with Crippen LogP contribution in [0.3, 0.4) is 0 Å². The molecule has 1 aliphatic carbocycles. The molecule has 1 N–H and O–H groups in total. The van der Waals surface area contributed by atoms with Crippen molar-refractivity contribution in [3.8, 4) is 0 Å². The summed E-state index contributed by atoms with van der Waals surface area (Å²) in [6, 6.07) is 0.987. The van der Waals surface area contributed by atoms with Gasteiger partial charge in [0.05, 0.1) is 5.69 Å². The number of fused-ring (bicyclic) bond motifs is 1. The third kappa shape index (κ3) is 2.20. The zero-order valence-corrected chi connectivity index (χ0v) is 13.0. The lowest BCUT2D eigenvalue weighted by atomic mass is 10.1. The van der Waals surface area contributed by atoms with E-state index in [1.807, 2.05) is 0 Å². The van der Waals surface area contributed by atoms with E-state index in [0.717, 1.165) is 30.3 Å². The quantitative estimate of drug-likeness (QED) is 0.901. The van der Waals surface area contributed by atoms with Crippen LogP contribution in [0.1, 0.15) is 36.8 Å². The standard InChI is InChI=1S/C14H21N3O2S/c1-8-6-17(7-9(2)16(8)3)14-15-12-10(13(18)19)4-5-11(12)20-14/h8-10H,4-7H2,1-3H3,(H,18,19). The molecule has 5 nitrogen and oxygen atoms in total. The highest BCUT2D eigenvalue weighted by Gasteiger charge is 2.35. The van der Waals surface area contributed by atoms with E-state index < -0.39 is 11.9 Å². The van der Waals surface area contributed by atoms with Crippen molar-refractivity contribution >= 4 is 22.4 Å². The van der Waals surface area contributed by atoms with Gasteiger partial charge >= 0.3 is 5.97 Å². The van der Waals surface area contributed by atoms with Gasteiger partial charge in [-0.25, -0.2) is 4.98 Å². The zero-order chi connectivity index (χ0) is 14.4. The summed E-state index contributed by atoms with van der Waals surface area (Å²) in [5.41, 5.74) is 0.816. The van der Waals surface area contributed by atoms with Crippen molar-refractivity contribution in [2.75, 3.05) is 25.0 Å². The topological polar surface area (TPSA) is 56.7 Å². The molecule has 3 atom stereocenters.